The van der Waals surface area contributed by atoms with Gasteiger partial charge in [0.15, 0.2) is 0 Å². The minimum Gasteiger partial charge on any atom is -0.481 e. The van der Waals surface area contributed by atoms with Crippen LogP contribution < -0.4 is 4.74 Å². The van der Waals surface area contributed by atoms with Crippen molar-refractivity contribution in [1.29, 1.82) is 0 Å². The Hall–Kier alpha value is -1.45. The van der Waals surface area contributed by atoms with Gasteiger partial charge in [-0.1, -0.05) is 15.9 Å². The summed E-state index contributed by atoms with van der Waals surface area (Å²) in [6, 6.07) is 0. The molecule has 1 heterocycles. The minimum absolute atomic E-state index is 0.364. The van der Waals surface area contributed by atoms with Crippen LogP contribution in [0.1, 0.15) is 23.1 Å². The Morgan fingerprint density at radius 2 is 2.05 bits per heavy atom. The second kappa shape index (κ2) is 6.33. The predicted molar refractivity (Wildman–Crippen MR) is 59.8 cm³/mol. The maximum Gasteiger partial charge on any atom is 0.574 e. The van der Waals surface area contributed by atoms with Gasteiger partial charge in [0, 0.05) is 22.7 Å². The summed E-state index contributed by atoms with van der Waals surface area (Å²) in [6.45, 7) is 0. The molecule has 1 aromatic heterocycles. The lowest BCUT2D eigenvalue weighted by molar-refractivity contribution is -0.276. The van der Waals surface area contributed by atoms with Crippen molar-refractivity contribution in [3.8, 4) is 5.88 Å². The molecule has 1 aromatic rings. The lowest BCUT2D eigenvalue weighted by Crippen LogP contribution is -2.20. The minimum atomic E-state index is -5.09. The molecule has 0 radical (unpaired) electrons. The number of hydrogen-bond donors (Lipinski definition) is 1. The molecule has 0 bridgehead atoms. The summed E-state index contributed by atoms with van der Waals surface area (Å²) in [7, 11) is 0. The first-order valence-electron chi connectivity index (χ1n) is 4.98. The van der Waals surface area contributed by atoms with E-state index in [1.165, 1.54) is 0 Å². The van der Waals surface area contributed by atoms with E-state index < -0.39 is 47.5 Å². The molecule has 0 aromatic carbocycles. The fourth-order valence-corrected chi connectivity index (χ4v) is 2.04. The Balaban J connectivity index is 3.37. The van der Waals surface area contributed by atoms with E-state index in [0.717, 1.165) is 0 Å². The summed E-state index contributed by atoms with van der Waals surface area (Å²) in [5.41, 5.74) is -1.72. The molecule has 0 saturated carbocycles. The Morgan fingerprint density at radius 1 is 1.45 bits per heavy atom. The average molecular weight is 364 g/mol. The zero-order valence-electron chi connectivity index (χ0n) is 9.55. The second-order valence-corrected chi connectivity index (χ2v) is 4.09. The Bertz CT molecular complexity index is 506. The van der Waals surface area contributed by atoms with Crippen molar-refractivity contribution in [3.05, 3.63) is 22.9 Å². The summed E-state index contributed by atoms with van der Waals surface area (Å²) in [4.78, 5) is 13.8. The summed E-state index contributed by atoms with van der Waals surface area (Å²) in [5.74, 6) is -2.43. The van der Waals surface area contributed by atoms with Crippen LogP contribution in [0.25, 0.3) is 0 Å². The van der Waals surface area contributed by atoms with Gasteiger partial charge in [0.25, 0.3) is 6.43 Å². The normalized spacial score (nSPS) is 11.8. The maximum atomic E-state index is 13.0. The number of nitrogens with zero attached hydrogens (tertiary/aromatic N) is 1. The molecule has 1 N–H and O–H groups in total. The number of hydrogen-bond acceptors (Lipinski definition) is 3. The van der Waals surface area contributed by atoms with Crippen LogP contribution in [0.15, 0.2) is 6.20 Å². The number of halogens is 6. The van der Waals surface area contributed by atoms with Crippen LogP contribution in [-0.2, 0) is 16.5 Å². The molecule has 0 fully saturated rings. The third kappa shape index (κ3) is 4.29. The van der Waals surface area contributed by atoms with E-state index in [-0.39, 0.29) is 5.56 Å². The molecule has 0 aliphatic carbocycles. The molecular formula is C10H7BrF5NO3. The third-order valence-corrected chi connectivity index (χ3v) is 2.73. The van der Waals surface area contributed by atoms with Gasteiger partial charge in [-0.15, -0.1) is 13.2 Å². The number of pyridine rings is 1. The first-order chi connectivity index (χ1) is 9.15. The number of aromatic nitrogens is 1. The topological polar surface area (TPSA) is 59.4 Å². The van der Waals surface area contributed by atoms with Gasteiger partial charge >= 0.3 is 12.3 Å². The first kappa shape index (κ1) is 16.6. The van der Waals surface area contributed by atoms with Crippen LogP contribution in [0, 0.1) is 0 Å². The highest BCUT2D eigenvalue weighted by molar-refractivity contribution is 9.08. The predicted octanol–water partition coefficient (Wildman–Crippen LogP) is 3.44. The Kier molecular flexibility index (Phi) is 5.26. The lowest BCUT2D eigenvalue weighted by Gasteiger charge is -2.16. The molecule has 0 spiro atoms. The van der Waals surface area contributed by atoms with Crippen molar-refractivity contribution in [2.24, 2.45) is 0 Å². The number of alkyl halides is 6. The second-order valence-electron chi connectivity index (χ2n) is 3.53. The molecule has 0 unspecified atom stereocenters. The van der Waals surface area contributed by atoms with Gasteiger partial charge in [0.2, 0.25) is 5.88 Å². The largest absolute Gasteiger partial charge is 0.574 e. The van der Waals surface area contributed by atoms with Crippen molar-refractivity contribution in [2.75, 3.05) is 0 Å². The van der Waals surface area contributed by atoms with E-state index in [2.05, 4.69) is 25.7 Å². The summed E-state index contributed by atoms with van der Waals surface area (Å²) in [5, 5.41) is 8.21. The number of carboxylic acids is 1. The van der Waals surface area contributed by atoms with Crippen molar-refractivity contribution in [3.63, 3.8) is 0 Å². The quantitative estimate of drug-likeness (QED) is 0.643. The third-order valence-electron chi connectivity index (χ3n) is 2.17. The summed E-state index contributed by atoms with van der Waals surface area (Å²) < 4.78 is 65.9. The van der Waals surface area contributed by atoms with Gasteiger partial charge in [-0.2, -0.15) is 0 Å². The molecule has 4 nitrogen and oxygen atoms in total. The van der Waals surface area contributed by atoms with Gasteiger partial charge in [-0.3, -0.25) is 4.79 Å². The SMILES string of the molecule is O=C(O)Cc1cnc(OC(F)(F)F)c(CBr)c1C(F)F. The van der Waals surface area contributed by atoms with Gasteiger partial charge in [0.1, 0.15) is 0 Å². The zero-order chi connectivity index (χ0) is 15.5. The molecule has 0 aliphatic rings. The number of aliphatic carboxylic acids is 1. The molecular weight excluding hydrogens is 357 g/mol. The van der Waals surface area contributed by atoms with Crippen LogP contribution in [0.2, 0.25) is 0 Å². The fourth-order valence-electron chi connectivity index (χ4n) is 1.50. The molecule has 0 amide bonds. The van der Waals surface area contributed by atoms with Crippen molar-refractivity contribution in [2.45, 2.75) is 24.5 Å². The van der Waals surface area contributed by atoms with E-state index in [0.29, 0.717) is 6.20 Å². The van der Waals surface area contributed by atoms with Gasteiger partial charge in [0.05, 0.1) is 6.42 Å². The first-order valence-corrected chi connectivity index (χ1v) is 6.10. The highest BCUT2D eigenvalue weighted by Gasteiger charge is 2.34. The molecule has 0 saturated heterocycles. The molecule has 10 heteroatoms. The van der Waals surface area contributed by atoms with E-state index in [1.54, 1.807) is 0 Å². The Labute approximate surface area is 117 Å². The summed E-state index contributed by atoms with van der Waals surface area (Å²) in [6.07, 6.45) is -8.38. The smallest absolute Gasteiger partial charge is 0.481 e. The van der Waals surface area contributed by atoms with E-state index in [1.807, 2.05) is 0 Å². The Morgan fingerprint density at radius 3 is 2.45 bits per heavy atom. The van der Waals surface area contributed by atoms with Crippen molar-refractivity contribution in [1.82, 2.24) is 4.98 Å². The molecule has 1 rings (SSSR count). The number of ether oxygens (including phenoxy) is 1. The molecule has 20 heavy (non-hydrogen) atoms. The highest BCUT2D eigenvalue weighted by atomic mass is 79.9. The lowest BCUT2D eigenvalue weighted by atomic mass is 10.0. The van der Waals surface area contributed by atoms with E-state index >= 15 is 0 Å². The van der Waals surface area contributed by atoms with Gasteiger partial charge in [-0.05, 0) is 5.56 Å². The zero-order valence-corrected chi connectivity index (χ0v) is 11.1. The van der Waals surface area contributed by atoms with Gasteiger partial charge in [-0.25, -0.2) is 13.8 Å². The summed E-state index contributed by atoms with van der Waals surface area (Å²) >= 11 is 2.77. The van der Waals surface area contributed by atoms with Crippen LogP contribution in [-0.4, -0.2) is 22.4 Å². The van der Waals surface area contributed by atoms with Crippen molar-refractivity contribution < 1.29 is 36.6 Å². The van der Waals surface area contributed by atoms with Crippen LogP contribution in [0.4, 0.5) is 22.0 Å². The van der Waals surface area contributed by atoms with E-state index in [4.69, 9.17) is 5.11 Å². The van der Waals surface area contributed by atoms with Crippen LogP contribution in [0.5, 0.6) is 5.88 Å². The number of carbonyl (C=O) groups is 1. The molecule has 112 valence electrons. The monoisotopic (exact) mass is 363 g/mol. The highest BCUT2D eigenvalue weighted by Crippen LogP contribution is 2.35. The number of rotatable bonds is 5. The van der Waals surface area contributed by atoms with Crippen molar-refractivity contribution >= 4 is 21.9 Å². The standard InChI is InChI=1S/C10H7BrF5NO3/c11-2-5-7(8(12)13)4(1-6(18)19)3-17-9(5)20-10(14,15)16/h3,8H,1-2H2,(H,18,19). The molecule has 0 aliphatic heterocycles. The van der Waals surface area contributed by atoms with Crippen LogP contribution in [0.3, 0.4) is 0 Å². The number of carboxylic acid groups (broad SMARTS) is 1. The van der Waals surface area contributed by atoms with Crippen LogP contribution >= 0.6 is 15.9 Å². The van der Waals surface area contributed by atoms with E-state index in [9.17, 15) is 26.7 Å². The fraction of sp³-hybridized carbons (Fsp3) is 0.400. The molecule has 0 atom stereocenters. The average Bonchev–Trinajstić information content (AvgIpc) is 2.27. The van der Waals surface area contributed by atoms with Gasteiger partial charge < -0.3 is 9.84 Å². The maximum absolute atomic E-state index is 13.0.